The molecule has 1 unspecified atom stereocenters. The predicted octanol–water partition coefficient (Wildman–Crippen LogP) is 3.12. The number of amides is 3. The van der Waals surface area contributed by atoms with Crippen molar-refractivity contribution in [2.45, 2.75) is 32.2 Å². The number of likely N-dealkylation sites (tertiary alicyclic amines) is 1. The summed E-state index contributed by atoms with van der Waals surface area (Å²) in [4.78, 5) is 40.9. The Labute approximate surface area is 181 Å². The van der Waals surface area contributed by atoms with Crippen LogP contribution in [0.1, 0.15) is 41.6 Å². The van der Waals surface area contributed by atoms with Gasteiger partial charge in [-0.05, 0) is 61.2 Å². The van der Waals surface area contributed by atoms with Crippen molar-refractivity contribution in [3.63, 3.8) is 0 Å². The van der Waals surface area contributed by atoms with E-state index < -0.39 is 0 Å². The molecule has 0 spiro atoms. The highest BCUT2D eigenvalue weighted by Gasteiger charge is 2.29. The van der Waals surface area contributed by atoms with Crippen LogP contribution in [0.25, 0.3) is 0 Å². The predicted molar refractivity (Wildman–Crippen MR) is 115 cm³/mol. The Morgan fingerprint density at radius 1 is 1.06 bits per heavy atom. The number of hydrogen-bond acceptors (Lipinski definition) is 3. The molecule has 2 fully saturated rings. The molecule has 0 aromatic heterocycles. The first kappa shape index (κ1) is 21.0. The normalized spacial score (nSPS) is 18.9. The molecule has 2 aromatic carbocycles. The molecule has 31 heavy (non-hydrogen) atoms. The minimum absolute atomic E-state index is 0.0840. The second-order valence-electron chi connectivity index (χ2n) is 8.13. The first-order chi connectivity index (χ1) is 15.0. The second kappa shape index (κ2) is 9.29. The topological polar surface area (TPSA) is 69.7 Å². The molecule has 0 saturated carbocycles. The van der Waals surface area contributed by atoms with E-state index in [9.17, 15) is 18.8 Å². The van der Waals surface area contributed by atoms with Crippen LogP contribution in [0.15, 0.2) is 48.5 Å². The van der Waals surface area contributed by atoms with Gasteiger partial charge in [-0.1, -0.05) is 12.1 Å². The van der Waals surface area contributed by atoms with Crippen molar-refractivity contribution in [3.05, 3.63) is 65.5 Å². The largest absolute Gasteiger partial charge is 0.352 e. The minimum Gasteiger partial charge on any atom is -0.352 e. The zero-order valence-corrected chi connectivity index (χ0v) is 17.4. The van der Waals surface area contributed by atoms with Gasteiger partial charge in [0.05, 0.1) is 5.92 Å². The van der Waals surface area contributed by atoms with E-state index in [1.807, 2.05) is 24.3 Å². The van der Waals surface area contributed by atoms with Crippen molar-refractivity contribution < 1.29 is 18.8 Å². The molecule has 162 valence electrons. The Balaban J connectivity index is 1.34. The summed E-state index contributed by atoms with van der Waals surface area (Å²) in [6.07, 6.45) is 2.92. The number of anilines is 1. The highest BCUT2D eigenvalue weighted by molar-refractivity contribution is 5.95. The molecule has 3 amide bonds. The van der Waals surface area contributed by atoms with Gasteiger partial charge in [-0.3, -0.25) is 14.4 Å². The standard InChI is InChI=1S/C24H26FN3O3/c25-20-10-8-18(9-11-20)24(31)27-12-2-5-19(16-27)23(30)26-15-17-4-1-6-21(14-17)28-13-3-7-22(28)29/h1,4,6,8-11,14,19H,2-3,5,7,12-13,15-16H2,(H,26,30). The highest BCUT2D eigenvalue weighted by atomic mass is 19.1. The Morgan fingerprint density at radius 2 is 1.87 bits per heavy atom. The van der Waals surface area contributed by atoms with Crippen LogP contribution in [0.4, 0.5) is 10.1 Å². The first-order valence-corrected chi connectivity index (χ1v) is 10.7. The van der Waals surface area contributed by atoms with E-state index in [0.717, 1.165) is 37.1 Å². The number of rotatable bonds is 5. The molecule has 4 rings (SSSR count). The van der Waals surface area contributed by atoms with Gasteiger partial charge in [0, 0.05) is 43.9 Å². The van der Waals surface area contributed by atoms with Crippen LogP contribution in [-0.4, -0.2) is 42.3 Å². The number of carbonyl (C=O) groups is 3. The van der Waals surface area contributed by atoms with E-state index in [4.69, 9.17) is 0 Å². The van der Waals surface area contributed by atoms with E-state index in [0.29, 0.717) is 31.6 Å². The van der Waals surface area contributed by atoms with Crippen LogP contribution in [-0.2, 0) is 16.1 Å². The van der Waals surface area contributed by atoms with Gasteiger partial charge in [0.15, 0.2) is 0 Å². The molecule has 2 heterocycles. The fraction of sp³-hybridized carbons (Fsp3) is 0.375. The van der Waals surface area contributed by atoms with Crippen LogP contribution < -0.4 is 10.2 Å². The van der Waals surface area contributed by atoms with Crippen LogP contribution in [0.2, 0.25) is 0 Å². The molecule has 2 aliphatic heterocycles. The van der Waals surface area contributed by atoms with E-state index in [1.54, 1.807) is 9.80 Å². The van der Waals surface area contributed by atoms with Crippen molar-refractivity contribution in [1.82, 2.24) is 10.2 Å². The first-order valence-electron chi connectivity index (χ1n) is 10.7. The number of piperidine rings is 1. The average molecular weight is 423 g/mol. The number of hydrogen-bond donors (Lipinski definition) is 1. The quantitative estimate of drug-likeness (QED) is 0.803. The molecule has 1 atom stereocenters. The Morgan fingerprint density at radius 3 is 2.61 bits per heavy atom. The van der Waals surface area contributed by atoms with Gasteiger partial charge in [-0.2, -0.15) is 0 Å². The van der Waals surface area contributed by atoms with E-state index in [-0.39, 0.29) is 29.5 Å². The summed E-state index contributed by atoms with van der Waals surface area (Å²) in [7, 11) is 0. The zero-order chi connectivity index (χ0) is 21.8. The Bertz CT molecular complexity index is 976. The summed E-state index contributed by atoms with van der Waals surface area (Å²) < 4.78 is 13.1. The summed E-state index contributed by atoms with van der Waals surface area (Å²) in [6, 6.07) is 13.2. The molecule has 0 radical (unpaired) electrons. The fourth-order valence-corrected chi connectivity index (χ4v) is 4.24. The molecular weight excluding hydrogens is 397 g/mol. The summed E-state index contributed by atoms with van der Waals surface area (Å²) in [5.41, 5.74) is 2.22. The third-order valence-electron chi connectivity index (χ3n) is 5.93. The smallest absolute Gasteiger partial charge is 0.253 e. The van der Waals surface area contributed by atoms with Crippen LogP contribution in [0.5, 0.6) is 0 Å². The van der Waals surface area contributed by atoms with E-state index >= 15 is 0 Å². The maximum Gasteiger partial charge on any atom is 0.253 e. The van der Waals surface area contributed by atoms with E-state index in [1.165, 1.54) is 24.3 Å². The number of nitrogens with one attached hydrogen (secondary N) is 1. The third-order valence-corrected chi connectivity index (χ3v) is 5.93. The number of halogens is 1. The zero-order valence-electron chi connectivity index (χ0n) is 17.4. The molecule has 2 aromatic rings. The van der Waals surface area contributed by atoms with Gasteiger partial charge in [0.25, 0.3) is 5.91 Å². The second-order valence-corrected chi connectivity index (χ2v) is 8.13. The van der Waals surface area contributed by atoms with Crippen LogP contribution in [0.3, 0.4) is 0 Å². The average Bonchev–Trinajstić information content (AvgIpc) is 3.23. The van der Waals surface area contributed by atoms with Gasteiger partial charge >= 0.3 is 0 Å². The summed E-state index contributed by atoms with van der Waals surface area (Å²) in [5, 5.41) is 2.97. The summed E-state index contributed by atoms with van der Waals surface area (Å²) in [5.74, 6) is -0.791. The lowest BCUT2D eigenvalue weighted by Gasteiger charge is -2.32. The van der Waals surface area contributed by atoms with Crippen molar-refractivity contribution in [1.29, 1.82) is 0 Å². The van der Waals surface area contributed by atoms with Crippen molar-refractivity contribution in [2.75, 3.05) is 24.5 Å². The molecule has 6 nitrogen and oxygen atoms in total. The number of carbonyl (C=O) groups excluding carboxylic acids is 3. The minimum atomic E-state index is -0.384. The summed E-state index contributed by atoms with van der Waals surface area (Å²) >= 11 is 0. The lowest BCUT2D eigenvalue weighted by Crippen LogP contribution is -2.45. The van der Waals surface area contributed by atoms with Crippen LogP contribution in [0, 0.1) is 11.7 Å². The molecule has 0 aliphatic carbocycles. The van der Waals surface area contributed by atoms with E-state index in [2.05, 4.69) is 5.32 Å². The molecule has 7 heteroatoms. The molecule has 2 aliphatic rings. The molecule has 1 N–H and O–H groups in total. The van der Waals surface area contributed by atoms with Crippen LogP contribution >= 0.6 is 0 Å². The monoisotopic (exact) mass is 423 g/mol. The fourth-order valence-electron chi connectivity index (χ4n) is 4.24. The summed E-state index contributed by atoms with van der Waals surface area (Å²) in [6.45, 7) is 2.04. The van der Waals surface area contributed by atoms with Gasteiger partial charge < -0.3 is 15.1 Å². The third kappa shape index (κ3) is 4.93. The van der Waals surface area contributed by atoms with Gasteiger partial charge in [-0.25, -0.2) is 4.39 Å². The molecular formula is C24H26FN3O3. The van der Waals surface area contributed by atoms with Gasteiger partial charge in [0.1, 0.15) is 5.82 Å². The van der Waals surface area contributed by atoms with Crippen molar-refractivity contribution >= 4 is 23.4 Å². The SMILES string of the molecule is O=C(NCc1cccc(N2CCCC2=O)c1)C1CCCN(C(=O)c2ccc(F)cc2)C1. The van der Waals surface area contributed by atoms with Crippen molar-refractivity contribution in [3.8, 4) is 0 Å². The van der Waals surface area contributed by atoms with Crippen molar-refractivity contribution in [2.24, 2.45) is 5.92 Å². The maximum atomic E-state index is 13.1. The number of nitrogens with zero attached hydrogens (tertiary/aromatic N) is 2. The maximum absolute atomic E-state index is 13.1. The molecule has 0 bridgehead atoms. The molecule has 2 saturated heterocycles. The van der Waals surface area contributed by atoms with Gasteiger partial charge in [-0.15, -0.1) is 0 Å². The highest BCUT2D eigenvalue weighted by Crippen LogP contribution is 2.23. The lowest BCUT2D eigenvalue weighted by molar-refractivity contribution is -0.126. The Kier molecular flexibility index (Phi) is 6.30. The number of benzene rings is 2. The lowest BCUT2D eigenvalue weighted by atomic mass is 9.96. The Hall–Kier alpha value is -3.22. The van der Waals surface area contributed by atoms with Gasteiger partial charge in [0.2, 0.25) is 11.8 Å².